The maximum absolute atomic E-state index is 10.2. The van der Waals surface area contributed by atoms with Gasteiger partial charge in [0.15, 0.2) is 0 Å². The second kappa shape index (κ2) is 62.4. The number of carboxylic acid groups (broad SMARTS) is 3. The monoisotopic (exact) mass is 903 g/mol. The summed E-state index contributed by atoms with van der Waals surface area (Å²) in [7, 11) is 0. The second-order valence-electron chi connectivity index (χ2n) is 17.1. The molecule has 0 aromatic rings. The van der Waals surface area contributed by atoms with Crippen LogP contribution in [0.25, 0.3) is 0 Å². The molecule has 61 heavy (non-hydrogen) atoms. The molecule has 6 nitrogen and oxygen atoms in total. The largest absolute Gasteiger partial charge is 3.00 e. The van der Waals surface area contributed by atoms with Gasteiger partial charge in [0.2, 0.25) is 0 Å². The molecule has 0 aromatic heterocycles. The van der Waals surface area contributed by atoms with E-state index in [0.29, 0.717) is 0 Å². The predicted molar refractivity (Wildman–Crippen MR) is 253 cm³/mol. The van der Waals surface area contributed by atoms with Crippen molar-refractivity contribution in [3.63, 3.8) is 0 Å². The van der Waals surface area contributed by atoms with Crippen LogP contribution >= 0.6 is 0 Å². The van der Waals surface area contributed by atoms with Crippen LogP contribution in [-0.2, 0) is 31.2 Å². The molecule has 0 aromatic carbocycles. The third-order valence-corrected chi connectivity index (χ3v) is 10.9. The number of carbonyl (C=O) groups excluding carboxylic acids is 3. The number of unbranched alkanes of at least 4 members (excludes halogenated alkanes) is 33. The van der Waals surface area contributed by atoms with Crippen LogP contribution in [0.1, 0.15) is 290 Å². The number of rotatable bonds is 45. The van der Waals surface area contributed by atoms with Gasteiger partial charge in [0, 0.05) is 17.9 Å². The Morgan fingerprint density at radius 2 is 0.410 bits per heavy atom. The van der Waals surface area contributed by atoms with Crippen molar-refractivity contribution in [3.8, 4) is 0 Å². The average Bonchev–Trinajstić information content (AvgIpc) is 3.22. The topological polar surface area (TPSA) is 120 Å². The summed E-state index contributed by atoms with van der Waals surface area (Å²) in [5, 5.41) is 30.6. The van der Waals surface area contributed by atoms with E-state index in [0.717, 1.165) is 57.8 Å². The first-order chi connectivity index (χ1) is 29.3. The minimum atomic E-state index is -0.914. The molecule has 0 amide bonds. The molecule has 7 heteroatoms. The summed E-state index contributed by atoms with van der Waals surface area (Å²) in [6.07, 6.45) is 62.7. The summed E-state index contributed by atoms with van der Waals surface area (Å²) in [6.45, 7) is 6.77. The van der Waals surface area contributed by atoms with Crippen molar-refractivity contribution >= 4 is 17.9 Å². The van der Waals surface area contributed by atoms with E-state index >= 15 is 0 Å². The second-order valence-corrected chi connectivity index (χ2v) is 17.1. The van der Waals surface area contributed by atoms with Crippen molar-refractivity contribution in [2.45, 2.75) is 290 Å². The van der Waals surface area contributed by atoms with Crippen molar-refractivity contribution in [1.82, 2.24) is 0 Å². The molecule has 360 valence electrons. The summed E-state index contributed by atoms with van der Waals surface area (Å²) in [5.41, 5.74) is 0. The molecule has 0 aliphatic heterocycles. The first kappa shape index (κ1) is 65.7. The molecule has 0 N–H and O–H groups in total. The summed E-state index contributed by atoms with van der Waals surface area (Å²) >= 11 is 0. The van der Waals surface area contributed by atoms with Gasteiger partial charge in [-0.05, 0) is 116 Å². The van der Waals surface area contributed by atoms with E-state index in [1.165, 1.54) is 193 Å². The van der Waals surface area contributed by atoms with Crippen LogP contribution in [0.15, 0.2) is 36.5 Å². The van der Waals surface area contributed by atoms with E-state index < -0.39 is 17.9 Å². The molecular weight excluding hydrogens is 804 g/mol. The first-order valence-electron chi connectivity index (χ1n) is 25.9. The van der Waals surface area contributed by atoms with Crippen LogP contribution in [-0.4, -0.2) is 17.9 Å². The molecule has 0 radical (unpaired) electrons. The van der Waals surface area contributed by atoms with Gasteiger partial charge in [-0.25, -0.2) is 0 Å². The number of carbonyl (C=O) groups is 3. The molecule has 0 bridgehead atoms. The van der Waals surface area contributed by atoms with Gasteiger partial charge < -0.3 is 29.7 Å². The van der Waals surface area contributed by atoms with Crippen LogP contribution in [0.4, 0.5) is 0 Å². The number of aliphatic carboxylic acids is 3. The molecule has 0 unspecified atom stereocenters. The van der Waals surface area contributed by atoms with E-state index in [4.69, 9.17) is 0 Å². The Kier molecular flexibility index (Phi) is 67.3. The van der Waals surface area contributed by atoms with Crippen molar-refractivity contribution in [2.75, 3.05) is 0 Å². The standard InChI is InChI=1S/3C18H34O2.Co/c3*1-2-3-4-5-6-7-8-9-10-11-12-13-14-15-16-17-18(19)20;/h3*9-10H,2-8,11-17H2,1H3,(H,19,20);/q;;;+3/p-3/b3*10-9-;. The normalized spacial score (nSPS) is 11.1. The Morgan fingerprint density at radius 1 is 0.262 bits per heavy atom. The molecule has 0 aliphatic rings. The molecule has 0 aliphatic carbocycles. The Bertz CT molecular complexity index is 827. The molecule has 0 fully saturated rings. The molecule has 0 heterocycles. The van der Waals surface area contributed by atoms with E-state index in [2.05, 4.69) is 57.2 Å². The van der Waals surface area contributed by atoms with Gasteiger partial charge in [-0.15, -0.1) is 0 Å². The molecule has 0 saturated heterocycles. The molecule has 0 spiro atoms. The molecule has 0 saturated carbocycles. The van der Waals surface area contributed by atoms with Crippen LogP contribution in [0.3, 0.4) is 0 Å². The minimum Gasteiger partial charge on any atom is -0.550 e. The smallest absolute Gasteiger partial charge is 0.550 e. The number of allylic oxidation sites excluding steroid dienone is 6. The Balaban J connectivity index is -0.000000396. The van der Waals surface area contributed by atoms with Crippen molar-refractivity contribution in [3.05, 3.63) is 36.5 Å². The first-order valence-corrected chi connectivity index (χ1v) is 25.9. The van der Waals surface area contributed by atoms with E-state index in [1.807, 2.05) is 0 Å². The Morgan fingerprint density at radius 3 is 0.574 bits per heavy atom. The molecular formula is C54H99CoO6. The number of carboxylic acids is 3. The Hall–Kier alpha value is -1.86. The van der Waals surface area contributed by atoms with Crippen molar-refractivity contribution in [2.24, 2.45) is 0 Å². The van der Waals surface area contributed by atoms with E-state index in [-0.39, 0.29) is 36.0 Å². The zero-order chi connectivity index (χ0) is 44.7. The Labute approximate surface area is 389 Å². The number of hydrogen-bond donors (Lipinski definition) is 0. The average molecular weight is 903 g/mol. The SMILES string of the molecule is CCCCCCCC/C=C\CCCCCCCC(=O)[O-].CCCCCCCC/C=C\CCCCCCCC(=O)[O-].CCCCCCCC/C=C\CCCCCCCC(=O)[O-].[Co+3]. The molecule has 0 atom stereocenters. The fourth-order valence-corrected chi connectivity index (χ4v) is 7.02. The van der Waals surface area contributed by atoms with Gasteiger partial charge in [0.05, 0.1) is 0 Å². The van der Waals surface area contributed by atoms with Crippen LogP contribution < -0.4 is 15.3 Å². The van der Waals surface area contributed by atoms with E-state index in [9.17, 15) is 29.7 Å². The third-order valence-electron chi connectivity index (χ3n) is 10.9. The zero-order valence-electron chi connectivity index (χ0n) is 40.4. The summed E-state index contributed by atoms with van der Waals surface area (Å²) in [5.74, 6) is -2.74. The van der Waals surface area contributed by atoms with Crippen molar-refractivity contribution < 1.29 is 46.5 Å². The van der Waals surface area contributed by atoms with Crippen LogP contribution in [0.5, 0.6) is 0 Å². The zero-order valence-corrected chi connectivity index (χ0v) is 41.5. The van der Waals surface area contributed by atoms with Gasteiger partial charge in [0.1, 0.15) is 0 Å². The van der Waals surface area contributed by atoms with E-state index in [1.54, 1.807) is 0 Å². The van der Waals surface area contributed by atoms with Crippen molar-refractivity contribution in [1.29, 1.82) is 0 Å². The predicted octanol–water partition coefficient (Wildman–Crippen LogP) is 14.3. The number of hydrogen-bond acceptors (Lipinski definition) is 6. The molecule has 0 rings (SSSR count). The van der Waals surface area contributed by atoms with Crippen LogP contribution in [0, 0.1) is 0 Å². The summed E-state index contributed by atoms with van der Waals surface area (Å²) < 4.78 is 0. The maximum Gasteiger partial charge on any atom is 3.00 e. The quantitative estimate of drug-likeness (QED) is 0.0443. The van der Waals surface area contributed by atoms with Gasteiger partial charge in [-0.2, -0.15) is 0 Å². The van der Waals surface area contributed by atoms with Gasteiger partial charge in [-0.3, -0.25) is 0 Å². The van der Waals surface area contributed by atoms with Gasteiger partial charge in [-0.1, -0.05) is 211 Å². The maximum atomic E-state index is 10.2. The minimum absolute atomic E-state index is 0. The fourth-order valence-electron chi connectivity index (χ4n) is 7.02. The summed E-state index contributed by atoms with van der Waals surface area (Å²) in [6, 6.07) is 0. The summed E-state index contributed by atoms with van der Waals surface area (Å²) in [4.78, 5) is 30.6. The fraction of sp³-hybridized carbons (Fsp3) is 0.833. The third kappa shape index (κ3) is 75.9. The van der Waals surface area contributed by atoms with Crippen LogP contribution in [0.2, 0.25) is 0 Å². The van der Waals surface area contributed by atoms with Gasteiger partial charge in [0.25, 0.3) is 0 Å². The van der Waals surface area contributed by atoms with Gasteiger partial charge >= 0.3 is 16.8 Å².